The monoisotopic (exact) mass is 216 g/mol. The van der Waals surface area contributed by atoms with E-state index in [-0.39, 0.29) is 12.3 Å². The second kappa shape index (κ2) is 4.61. The van der Waals surface area contributed by atoms with Crippen molar-refractivity contribution in [2.75, 3.05) is 5.32 Å². The van der Waals surface area contributed by atoms with Crippen LogP contribution in [0, 0.1) is 6.92 Å². The Morgan fingerprint density at radius 2 is 2.12 bits per heavy atom. The highest BCUT2D eigenvalue weighted by molar-refractivity contribution is 5.91. The third-order valence-corrected chi connectivity index (χ3v) is 2.07. The molecule has 0 saturated heterocycles. The first-order chi connectivity index (χ1) is 7.74. The highest BCUT2D eigenvalue weighted by Gasteiger charge is 2.07. The second-order valence-electron chi connectivity index (χ2n) is 3.53. The third kappa shape index (κ3) is 2.70. The molecule has 1 amide bonds. The Hall–Kier alpha value is -2.10. The van der Waals surface area contributed by atoms with Gasteiger partial charge in [0.2, 0.25) is 5.91 Å². The number of rotatable bonds is 3. The maximum absolute atomic E-state index is 11.6. The first kappa shape index (κ1) is 10.4. The molecule has 4 heteroatoms. The number of aryl methyl sites for hydroxylation is 1. The molecule has 0 fully saturated rings. The van der Waals surface area contributed by atoms with Crippen LogP contribution in [0.25, 0.3) is 0 Å². The highest BCUT2D eigenvalue weighted by atomic mass is 16.5. The number of amides is 1. The molecule has 0 spiro atoms. The van der Waals surface area contributed by atoms with Gasteiger partial charge in [-0.1, -0.05) is 23.4 Å². The number of carbonyl (C=O) groups excluding carboxylic acids is 1. The molecule has 0 aliphatic rings. The zero-order valence-electron chi connectivity index (χ0n) is 8.93. The predicted molar refractivity (Wildman–Crippen MR) is 60.0 cm³/mol. The van der Waals surface area contributed by atoms with Gasteiger partial charge in [0.15, 0.2) is 0 Å². The van der Waals surface area contributed by atoms with Crippen LogP contribution in [0.1, 0.15) is 11.5 Å². The molecule has 1 aromatic heterocycles. The van der Waals surface area contributed by atoms with Crippen molar-refractivity contribution < 1.29 is 9.32 Å². The van der Waals surface area contributed by atoms with E-state index in [2.05, 4.69) is 10.5 Å². The van der Waals surface area contributed by atoms with Gasteiger partial charge in [0.25, 0.3) is 0 Å². The van der Waals surface area contributed by atoms with Gasteiger partial charge in [0.05, 0.1) is 12.1 Å². The van der Waals surface area contributed by atoms with Crippen LogP contribution in [0.4, 0.5) is 5.69 Å². The summed E-state index contributed by atoms with van der Waals surface area (Å²) in [6.07, 6.45) is 0.204. The molecule has 0 atom stereocenters. The number of para-hydroxylation sites is 1. The molecule has 0 radical (unpaired) electrons. The fraction of sp³-hybridized carbons (Fsp3) is 0.167. The summed E-state index contributed by atoms with van der Waals surface area (Å²) >= 11 is 0. The van der Waals surface area contributed by atoms with Crippen LogP contribution in [0.5, 0.6) is 0 Å². The maximum Gasteiger partial charge on any atom is 0.232 e. The van der Waals surface area contributed by atoms with E-state index in [9.17, 15) is 4.79 Å². The third-order valence-electron chi connectivity index (χ3n) is 2.07. The van der Waals surface area contributed by atoms with Crippen LogP contribution in [0.3, 0.4) is 0 Å². The smallest absolute Gasteiger partial charge is 0.232 e. The number of hydrogen-bond acceptors (Lipinski definition) is 3. The van der Waals surface area contributed by atoms with Gasteiger partial charge in [-0.25, -0.2) is 0 Å². The quantitative estimate of drug-likeness (QED) is 0.855. The van der Waals surface area contributed by atoms with Crippen LogP contribution >= 0.6 is 0 Å². The standard InChI is InChI=1S/C12H12N2O2/c1-9-7-11(16-14-9)8-12(15)13-10-5-3-2-4-6-10/h2-7H,8H2,1H3,(H,13,15). The molecule has 1 aromatic carbocycles. The van der Waals surface area contributed by atoms with Crippen molar-refractivity contribution in [2.45, 2.75) is 13.3 Å². The van der Waals surface area contributed by atoms with Crippen LogP contribution in [0.15, 0.2) is 40.9 Å². The average molecular weight is 216 g/mol. The Labute approximate surface area is 93.3 Å². The number of benzene rings is 1. The van der Waals surface area contributed by atoms with Gasteiger partial charge < -0.3 is 9.84 Å². The first-order valence-electron chi connectivity index (χ1n) is 5.01. The SMILES string of the molecule is Cc1cc(CC(=O)Nc2ccccc2)on1. The number of anilines is 1. The molecule has 82 valence electrons. The summed E-state index contributed by atoms with van der Waals surface area (Å²) in [5.74, 6) is 0.466. The number of carbonyl (C=O) groups is 1. The van der Waals surface area contributed by atoms with Crippen molar-refractivity contribution >= 4 is 11.6 Å². The van der Waals surface area contributed by atoms with Crippen LogP contribution in [-0.2, 0) is 11.2 Å². The van der Waals surface area contributed by atoms with Crippen molar-refractivity contribution in [3.63, 3.8) is 0 Å². The fourth-order valence-electron chi connectivity index (χ4n) is 1.38. The predicted octanol–water partition coefficient (Wildman–Crippen LogP) is 2.16. The largest absolute Gasteiger partial charge is 0.361 e. The minimum Gasteiger partial charge on any atom is -0.361 e. The molecular weight excluding hydrogens is 204 g/mol. The van der Waals surface area contributed by atoms with Gasteiger partial charge in [-0.15, -0.1) is 0 Å². The molecule has 0 aliphatic heterocycles. The van der Waals surface area contributed by atoms with Gasteiger partial charge in [0, 0.05) is 11.8 Å². The minimum absolute atomic E-state index is 0.109. The Morgan fingerprint density at radius 1 is 1.38 bits per heavy atom. The molecule has 1 N–H and O–H groups in total. The summed E-state index contributed by atoms with van der Waals surface area (Å²) in [6.45, 7) is 1.82. The van der Waals surface area contributed by atoms with Gasteiger partial charge in [-0.05, 0) is 19.1 Å². The van der Waals surface area contributed by atoms with E-state index in [0.717, 1.165) is 11.4 Å². The van der Waals surface area contributed by atoms with E-state index in [1.807, 2.05) is 37.3 Å². The van der Waals surface area contributed by atoms with Gasteiger partial charge in [-0.2, -0.15) is 0 Å². The first-order valence-corrected chi connectivity index (χ1v) is 5.01. The van der Waals surface area contributed by atoms with E-state index in [1.165, 1.54) is 0 Å². The van der Waals surface area contributed by atoms with E-state index in [4.69, 9.17) is 4.52 Å². The lowest BCUT2D eigenvalue weighted by Crippen LogP contribution is -2.13. The highest BCUT2D eigenvalue weighted by Crippen LogP contribution is 2.07. The fourth-order valence-corrected chi connectivity index (χ4v) is 1.38. The summed E-state index contributed by atoms with van der Waals surface area (Å²) in [4.78, 5) is 11.6. The summed E-state index contributed by atoms with van der Waals surface area (Å²) in [5, 5.41) is 6.49. The molecule has 0 unspecified atom stereocenters. The zero-order chi connectivity index (χ0) is 11.4. The molecule has 0 bridgehead atoms. The van der Waals surface area contributed by atoms with Crippen molar-refractivity contribution in [1.82, 2.24) is 5.16 Å². The van der Waals surface area contributed by atoms with E-state index in [0.29, 0.717) is 5.76 Å². The van der Waals surface area contributed by atoms with E-state index in [1.54, 1.807) is 6.07 Å². The summed E-state index contributed by atoms with van der Waals surface area (Å²) < 4.78 is 4.96. The van der Waals surface area contributed by atoms with Crippen LogP contribution < -0.4 is 5.32 Å². The Balaban J connectivity index is 1.95. The Morgan fingerprint density at radius 3 is 2.75 bits per heavy atom. The number of hydrogen-bond donors (Lipinski definition) is 1. The summed E-state index contributed by atoms with van der Waals surface area (Å²) in [7, 11) is 0. The number of aromatic nitrogens is 1. The maximum atomic E-state index is 11.6. The topological polar surface area (TPSA) is 55.1 Å². The normalized spacial score (nSPS) is 10.1. The molecule has 0 saturated carbocycles. The number of nitrogens with zero attached hydrogens (tertiary/aromatic N) is 1. The molecule has 16 heavy (non-hydrogen) atoms. The minimum atomic E-state index is -0.109. The lowest BCUT2D eigenvalue weighted by Gasteiger charge is -2.02. The Bertz CT molecular complexity index is 477. The van der Waals surface area contributed by atoms with Crippen molar-refractivity contribution in [3.05, 3.63) is 47.9 Å². The van der Waals surface area contributed by atoms with Crippen LogP contribution in [0.2, 0.25) is 0 Å². The van der Waals surface area contributed by atoms with Crippen molar-refractivity contribution in [1.29, 1.82) is 0 Å². The lowest BCUT2D eigenvalue weighted by atomic mass is 10.2. The van der Waals surface area contributed by atoms with E-state index >= 15 is 0 Å². The summed E-state index contributed by atoms with van der Waals surface area (Å²) in [5.41, 5.74) is 1.56. The molecule has 0 aliphatic carbocycles. The molecule has 4 nitrogen and oxygen atoms in total. The Kier molecular flexibility index (Phi) is 3.00. The van der Waals surface area contributed by atoms with Gasteiger partial charge >= 0.3 is 0 Å². The second-order valence-corrected chi connectivity index (χ2v) is 3.53. The van der Waals surface area contributed by atoms with Crippen molar-refractivity contribution in [2.24, 2.45) is 0 Å². The van der Waals surface area contributed by atoms with Gasteiger partial charge in [0.1, 0.15) is 5.76 Å². The van der Waals surface area contributed by atoms with E-state index < -0.39 is 0 Å². The lowest BCUT2D eigenvalue weighted by molar-refractivity contribution is -0.115. The number of nitrogens with one attached hydrogen (secondary N) is 1. The summed E-state index contributed by atoms with van der Waals surface area (Å²) in [6, 6.07) is 11.1. The molecule has 2 rings (SSSR count). The molecule has 1 heterocycles. The van der Waals surface area contributed by atoms with Gasteiger partial charge in [-0.3, -0.25) is 4.79 Å². The molecule has 2 aromatic rings. The molecular formula is C12H12N2O2. The van der Waals surface area contributed by atoms with Crippen molar-refractivity contribution in [3.8, 4) is 0 Å². The zero-order valence-corrected chi connectivity index (χ0v) is 8.93. The average Bonchev–Trinajstić information content (AvgIpc) is 2.65. The van der Waals surface area contributed by atoms with Crippen LogP contribution in [-0.4, -0.2) is 11.1 Å².